The third-order valence-corrected chi connectivity index (χ3v) is 4.33. The van der Waals surface area contributed by atoms with E-state index in [9.17, 15) is 0 Å². The molecule has 0 radical (unpaired) electrons. The summed E-state index contributed by atoms with van der Waals surface area (Å²) in [5, 5.41) is 3.70. The maximum absolute atomic E-state index is 5.69. The Kier molecular flexibility index (Phi) is 5.26. The molecule has 1 heterocycles. The first-order valence-corrected chi connectivity index (χ1v) is 7.31. The molecular formula is C14H28N2O. The number of hydrogen-bond acceptors (Lipinski definition) is 3. The molecule has 0 aromatic heterocycles. The van der Waals surface area contributed by atoms with Gasteiger partial charge in [-0.3, -0.25) is 4.90 Å². The third kappa shape index (κ3) is 4.23. The largest absolute Gasteiger partial charge is 0.377 e. The highest BCUT2D eigenvalue weighted by atomic mass is 16.5. The van der Waals surface area contributed by atoms with Crippen LogP contribution in [0.4, 0.5) is 0 Å². The number of ether oxygens (including phenoxy) is 1. The number of likely N-dealkylation sites (N-methyl/N-ethyl adjacent to an activating group) is 1. The van der Waals surface area contributed by atoms with Crippen LogP contribution in [0.1, 0.15) is 45.4 Å². The molecule has 2 unspecified atom stereocenters. The minimum Gasteiger partial charge on any atom is -0.377 e. The van der Waals surface area contributed by atoms with Crippen molar-refractivity contribution in [2.75, 3.05) is 26.7 Å². The summed E-state index contributed by atoms with van der Waals surface area (Å²) in [5.74, 6) is 0. The molecule has 3 heteroatoms. The van der Waals surface area contributed by atoms with Gasteiger partial charge in [-0.2, -0.15) is 0 Å². The van der Waals surface area contributed by atoms with E-state index in [0.717, 1.165) is 25.7 Å². The van der Waals surface area contributed by atoms with E-state index in [1.54, 1.807) is 0 Å². The predicted molar refractivity (Wildman–Crippen MR) is 71.3 cm³/mol. The summed E-state index contributed by atoms with van der Waals surface area (Å²) < 4.78 is 5.69. The quantitative estimate of drug-likeness (QED) is 0.769. The van der Waals surface area contributed by atoms with E-state index in [1.165, 1.54) is 38.5 Å². The zero-order chi connectivity index (χ0) is 12.1. The summed E-state index contributed by atoms with van der Waals surface area (Å²) in [6.07, 6.45) is 8.55. The molecule has 1 aliphatic carbocycles. The third-order valence-electron chi connectivity index (χ3n) is 4.33. The summed E-state index contributed by atoms with van der Waals surface area (Å²) in [5.41, 5.74) is 0. The first-order valence-electron chi connectivity index (χ1n) is 7.31. The van der Waals surface area contributed by atoms with E-state index < -0.39 is 0 Å². The number of nitrogens with one attached hydrogen (secondary N) is 1. The lowest BCUT2D eigenvalue weighted by molar-refractivity contribution is 0.0700. The molecule has 1 saturated carbocycles. The average Bonchev–Trinajstić information content (AvgIpc) is 2.98. The minimum atomic E-state index is 0.480. The van der Waals surface area contributed by atoms with Crippen LogP contribution in [0.15, 0.2) is 0 Å². The fourth-order valence-electron chi connectivity index (χ4n) is 2.91. The van der Waals surface area contributed by atoms with E-state index in [-0.39, 0.29) is 0 Å². The lowest BCUT2D eigenvalue weighted by Crippen LogP contribution is -2.43. The Morgan fingerprint density at radius 3 is 2.65 bits per heavy atom. The van der Waals surface area contributed by atoms with Crippen LogP contribution in [0.3, 0.4) is 0 Å². The van der Waals surface area contributed by atoms with Gasteiger partial charge < -0.3 is 10.1 Å². The molecule has 3 nitrogen and oxygen atoms in total. The van der Waals surface area contributed by atoms with Crippen LogP contribution in [0.2, 0.25) is 0 Å². The van der Waals surface area contributed by atoms with Gasteiger partial charge in [0.05, 0.1) is 6.10 Å². The molecule has 2 aliphatic rings. The molecule has 0 aromatic rings. The van der Waals surface area contributed by atoms with Crippen molar-refractivity contribution in [2.45, 2.75) is 63.6 Å². The minimum absolute atomic E-state index is 0.480. The van der Waals surface area contributed by atoms with Crippen molar-refractivity contribution >= 4 is 0 Å². The van der Waals surface area contributed by atoms with Gasteiger partial charge in [0, 0.05) is 31.8 Å². The fraction of sp³-hybridized carbons (Fsp3) is 1.00. The number of rotatable bonds is 6. The van der Waals surface area contributed by atoms with Gasteiger partial charge in [0.2, 0.25) is 0 Å². The van der Waals surface area contributed by atoms with Crippen molar-refractivity contribution in [1.29, 1.82) is 0 Å². The Balaban J connectivity index is 1.61. The highest BCUT2D eigenvalue weighted by molar-refractivity contribution is 4.78. The Hall–Kier alpha value is -0.120. The maximum atomic E-state index is 5.69. The molecular weight excluding hydrogens is 212 g/mol. The molecule has 0 amide bonds. The average molecular weight is 240 g/mol. The summed E-state index contributed by atoms with van der Waals surface area (Å²) in [6.45, 7) is 5.49. The van der Waals surface area contributed by atoms with E-state index in [2.05, 4.69) is 24.2 Å². The normalized spacial score (nSPS) is 28.1. The van der Waals surface area contributed by atoms with Crippen LogP contribution in [-0.4, -0.2) is 49.8 Å². The van der Waals surface area contributed by atoms with Gasteiger partial charge in [-0.25, -0.2) is 0 Å². The van der Waals surface area contributed by atoms with Crippen LogP contribution in [0, 0.1) is 0 Å². The van der Waals surface area contributed by atoms with Gasteiger partial charge in [0.15, 0.2) is 0 Å². The summed E-state index contributed by atoms with van der Waals surface area (Å²) in [7, 11) is 2.22. The van der Waals surface area contributed by atoms with Gasteiger partial charge in [0.25, 0.3) is 0 Å². The summed E-state index contributed by atoms with van der Waals surface area (Å²) in [4.78, 5) is 2.44. The monoisotopic (exact) mass is 240 g/mol. The number of nitrogens with zero attached hydrogens (tertiary/aromatic N) is 1. The predicted octanol–water partition coefficient (Wildman–Crippen LogP) is 2.02. The molecule has 0 bridgehead atoms. The second-order valence-electron chi connectivity index (χ2n) is 5.81. The smallest absolute Gasteiger partial charge is 0.0702 e. The second kappa shape index (κ2) is 6.72. The lowest BCUT2D eigenvalue weighted by Gasteiger charge is -2.28. The molecule has 2 atom stereocenters. The van der Waals surface area contributed by atoms with Crippen molar-refractivity contribution in [3.05, 3.63) is 0 Å². The van der Waals surface area contributed by atoms with Gasteiger partial charge in [-0.05, 0) is 39.7 Å². The topological polar surface area (TPSA) is 24.5 Å². The van der Waals surface area contributed by atoms with E-state index in [1.807, 2.05) is 0 Å². The van der Waals surface area contributed by atoms with Crippen LogP contribution >= 0.6 is 0 Å². The van der Waals surface area contributed by atoms with Crippen LogP contribution in [-0.2, 0) is 4.74 Å². The van der Waals surface area contributed by atoms with Crippen molar-refractivity contribution in [1.82, 2.24) is 10.2 Å². The molecule has 1 aliphatic heterocycles. The standard InChI is InChI=1S/C14H28N2O/c1-12(10-15-13-6-3-4-7-13)16(2)11-14-8-5-9-17-14/h12-15H,3-11H2,1-2H3. The Bertz CT molecular complexity index is 210. The second-order valence-corrected chi connectivity index (χ2v) is 5.81. The number of hydrogen-bond donors (Lipinski definition) is 1. The van der Waals surface area contributed by atoms with Crippen LogP contribution in [0.25, 0.3) is 0 Å². The van der Waals surface area contributed by atoms with E-state index in [0.29, 0.717) is 12.1 Å². The Morgan fingerprint density at radius 1 is 1.24 bits per heavy atom. The van der Waals surface area contributed by atoms with E-state index >= 15 is 0 Å². The van der Waals surface area contributed by atoms with Crippen LogP contribution < -0.4 is 5.32 Å². The highest BCUT2D eigenvalue weighted by Gasteiger charge is 2.21. The SMILES string of the molecule is CC(CNC1CCCC1)N(C)CC1CCCO1. The molecule has 2 rings (SSSR count). The maximum Gasteiger partial charge on any atom is 0.0702 e. The first-order chi connectivity index (χ1) is 8.25. The van der Waals surface area contributed by atoms with Gasteiger partial charge >= 0.3 is 0 Å². The first kappa shape index (κ1) is 13.3. The Morgan fingerprint density at radius 2 is 2.00 bits per heavy atom. The van der Waals surface area contributed by atoms with Crippen LogP contribution in [0.5, 0.6) is 0 Å². The van der Waals surface area contributed by atoms with Crippen molar-refractivity contribution in [3.8, 4) is 0 Å². The van der Waals surface area contributed by atoms with Crippen molar-refractivity contribution in [3.63, 3.8) is 0 Å². The fourth-order valence-corrected chi connectivity index (χ4v) is 2.91. The molecule has 1 N–H and O–H groups in total. The summed E-state index contributed by atoms with van der Waals surface area (Å²) >= 11 is 0. The molecule has 0 aromatic carbocycles. The van der Waals surface area contributed by atoms with Crippen molar-refractivity contribution < 1.29 is 4.74 Å². The molecule has 1 saturated heterocycles. The van der Waals surface area contributed by atoms with Gasteiger partial charge in [-0.15, -0.1) is 0 Å². The van der Waals surface area contributed by atoms with Crippen molar-refractivity contribution in [2.24, 2.45) is 0 Å². The van der Waals surface area contributed by atoms with Gasteiger partial charge in [0.1, 0.15) is 0 Å². The molecule has 100 valence electrons. The Labute approximate surface area is 106 Å². The van der Waals surface area contributed by atoms with Gasteiger partial charge in [-0.1, -0.05) is 12.8 Å². The lowest BCUT2D eigenvalue weighted by atomic mass is 10.2. The molecule has 17 heavy (non-hydrogen) atoms. The zero-order valence-corrected chi connectivity index (χ0v) is 11.5. The van der Waals surface area contributed by atoms with E-state index in [4.69, 9.17) is 4.74 Å². The highest BCUT2D eigenvalue weighted by Crippen LogP contribution is 2.18. The zero-order valence-electron chi connectivity index (χ0n) is 11.5. The molecule has 0 spiro atoms. The summed E-state index contributed by atoms with van der Waals surface area (Å²) in [6, 6.07) is 1.40. The molecule has 2 fully saturated rings.